The number of carbonyl (C=O) groups is 1. The summed E-state index contributed by atoms with van der Waals surface area (Å²) in [7, 11) is 0.0204. The number of piperidine rings is 1. The molecule has 0 bridgehead atoms. The van der Waals surface area contributed by atoms with Gasteiger partial charge in [-0.25, -0.2) is 22.9 Å². The van der Waals surface area contributed by atoms with Crippen LogP contribution in [0.25, 0.3) is 16.8 Å². The Morgan fingerprint density at radius 2 is 1.92 bits per heavy atom. The zero-order valence-electron chi connectivity index (χ0n) is 21.4. The number of anilines is 2. The summed E-state index contributed by atoms with van der Waals surface area (Å²) in [5, 5.41) is 4.44. The Kier molecular flexibility index (Phi) is 6.66. The lowest BCUT2D eigenvalue weighted by molar-refractivity contribution is 0.0717. The number of methoxy groups -OCH3 is 1. The molecule has 4 heterocycles. The van der Waals surface area contributed by atoms with Crippen molar-refractivity contribution in [2.45, 2.75) is 23.8 Å². The lowest BCUT2D eigenvalue weighted by atomic mass is 10.0. The molecular weight excluding hydrogens is 506 g/mol. The highest BCUT2D eigenvalue weighted by Gasteiger charge is 2.29. The van der Waals surface area contributed by atoms with E-state index >= 15 is 0 Å². The zero-order valence-corrected chi connectivity index (χ0v) is 22.2. The van der Waals surface area contributed by atoms with E-state index in [1.54, 1.807) is 52.0 Å². The minimum atomic E-state index is -3.31. The molecule has 0 radical (unpaired) electrons. The third-order valence-corrected chi connectivity index (χ3v) is 8.07. The summed E-state index contributed by atoms with van der Waals surface area (Å²) >= 11 is 0. The van der Waals surface area contributed by atoms with Crippen LogP contribution in [0.3, 0.4) is 0 Å². The maximum Gasteiger partial charge on any atom is 0.254 e. The van der Waals surface area contributed by atoms with E-state index in [2.05, 4.69) is 20.0 Å². The van der Waals surface area contributed by atoms with Crippen LogP contribution in [0.5, 0.6) is 5.88 Å². The van der Waals surface area contributed by atoms with E-state index in [4.69, 9.17) is 10.5 Å². The Hall–Kier alpha value is -4.19. The monoisotopic (exact) mass is 535 g/mol. The van der Waals surface area contributed by atoms with Crippen LogP contribution in [0, 0.1) is 0 Å². The van der Waals surface area contributed by atoms with Crippen molar-refractivity contribution in [3.63, 3.8) is 0 Å². The Labute approximate surface area is 220 Å². The van der Waals surface area contributed by atoms with E-state index in [9.17, 15) is 13.2 Å². The van der Waals surface area contributed by atoms with Gasteiger partial charge in [0.15, 0.2) is 15.7 Å². The fourth-order valence-electron chi connectivity index (χ4n) is 4.88. The molecule has 1 saturated heterocycles. The molecule has 198 valence electrons. The van der Waals surface area contributed by atoms with Gasteiger partial charge in [-0.3, -0.25) is 4.79 Å². The summed E-state index contributed by atoms with van der Waals surface area (Å²) in [6, 6.07) is 12.0. The molecule has 2 N–H and O–H groups in total. The molecular formula is C26H29N7O4S. The van der Waals surface area contributed by atoms with Gasteiger partial charge in [0.1, 0.15) is 11.8 Å². The second-order valence-electron chi connectivity index (χ2n) is 9.36. The smallest absolute Gasteiger partial charge is 0.254 e. The highest BCUT2D eigenvalue weighted by Crippen LogP contribution is 2.36. The fourth-order valence-corrected chi connectivity index (χ4v) is 5.51. The van der Waals surface area contributed by atoms with Crippen LogP contribution in [0.4, 0.5) is 11.5 Å². The zero-order chi connectivity index (χ0) is 27.0. The maximum atomic E-state index is 13.2. The SMILES string of the molecule is COc1cc(C(=O)N(C)[C@@H]2CCCN(c3cc(-c4ccc(S(C)(=O)=O)cc4)n4ncnc(N)c34)C2)ccn1. The molecule has 0 saturated carbocycles. The summed E-state index contributed by atoms with van der Waals surface area (Å²) in [6.45, 7) is 1.38. The van der Waals surface area contributed by atoms with Crippen LogP contribution in [0.15, 0.2) is 59.9 Å². The number of amides is 1. The molecule has 11 nitrogen and oxygen atoms in total. The Morgan fingerprint density at radius 3 is 2.63 bits per heavy atom. The van der Waals surface area contributed by atoms with Crippen molar-refractivity contribution in [1.82, 2.24) is 24.5 Å². The molecule has 3 aromatic heterocycles. The van der Waals surface area contributed by atoms with Crippen LogP contribution >= 0.6 is 0 Å². The Balaban J connectivity index is 1.47. The first kappa shape index (κ1) is 25.5. The number of rotatable bonds is 6. The lowest BCUT2D eigenvalue weighted by Gasteiger charge is -2.38. The number of nitrogens with two attached hydrogens (primary N) is 1. The average molecular weight is 536 g/mol. The van der Waals surface area contributed by atoms with Crippen molar-refractivity contribution in [3.05, 3.63) is 60.6 Å². The molecule has 1 aliphatic heterocycles. The summed E-state index contributed by atoms with van der Waals surface area (Å²) < 4.78 is 30.7. The highest BCUT2D eigenvalue weighted by atomic mass is 32.2. The predicted octanol–water partition coefficient (Wildman–Crippen LogP) is 2.53. The normalized spacial score (nSPS) is 16.0. The second-order valence-corrected chi connectivity index (χ2v) is 11.4. The van der Waals surface area contributed by atoms with Gasteiger partial charge < -0.3 is 20.3 Å². The van der Waals surface area contributed by atoms with Gasteiger partial charge in [0, 0.05) is 55.8 Å². The number of likely N-dealkylation sites (N-methyl/N-ethyl adjacent to an activating group) is 1. The van der Waals surface area contributed by atoms with Crippen LogP contribution in [0.2, 0.25) is 0 Å². The average Bonchev–Trinajstić information content (AvgIpc) is 3.33. The minimum Gasteiger partial charge on any atom is -0.481 e. The fraction of sp³-hybridized carbons (Fsp3) is 0.308. The van der Waals surface area contributed by atoms with Crippen molar-refractivity contribution in [3.8, 4) is 17.1 Å². The molecule has 5 rings (SSSR count). The predicted molar refractivity (Wildman–Crippen MR) is 144 cm³/mol. The van der Waals surface area contributed by atoms with Gasteiger partial charge in [-0.05, 0) is 37.1 Å². The van der Waals surface area contributed by atoms with Crippen molar-refractivity contribution >= 4 is 32.8 Å². The number of pyridine rings is 1. The van der Waals surface area contributed by atoms with Crippen molar-refractivity contribution < 1.29 is 17.9 Å². The first-order chi connectivity index (χ1) is 18.2. The molecule has 1 fully saturated rings. The van der Waals surface area contributed by atoms with Gasteiger partial charge in [0.25, 0.3) is 5.91 Å². The Bertz CT molecular complexity index is 1600. The number of nitrogens with zero attached hydrogens (tertiary/aromatic N) is 6. The molecule has 1 amide bonds. The summed E-state index contributed by atoms with van der Waals surface area (Å²) in [6.07, 6.45) is 5.88. The second kappa shape index (κ2) is 9.93. The number of sulfone groups is 1. The van der Waals surface area contributed by atoms with Gasteiger partial charge in [0.2, 0.25) is 5.88 Å². The Morgan fingerprint density at radius 1 is 1.16 bits per heavy atom. The number of fused-ring (bicyclic) bond motifs is 1. The maximum absolute atomic E-state index is 13.2. The first-order valence-corrected chi connectivity index (χ1v) is 14.0. The van der Waals surface area contributed by atoms with Gasteiger partial charge in [-0.2, -0.15) is 5.10 Å². The van der Waals surface area contributed by atoms with Crippen LogP contribution < -0.4 is 15.4 Å². The highest BCUT2D eigenvalue weighted by molar-refractivity contribution is 7.90. The van der Waals surface area contributed by atoms with E-state index < -0.39 is 9.84 Å². The number of nitrogen functional groups attached to an aromatic ring is 1. The largest absolute Gasteiger partial charge is 0.481 e. The summed E-state index contributed by atoms with van der Waals surface area (Å²) in [5.74, 6) is 0.626. The van der Waals surface area contributed by atoms with Crippen LogP contribution in [-0.4, -0.2) is 78.4 Å². The summed E-state index contributed by atoms with van der Waals surface area (Å²) in [4.78, 5) is 25.8. The standard InChI is InChI=1S/C26H29N7O4S/c1-31(26(34)18-10-11-28-23(13-18)37-2)19-5-4-12-32(15-19)22-14-21(33-24(22)25(27)29-16-30-33)17-6-8-20(9-7-17)38(3,35)36/h6-11,13-14,16,19H,4-5,12,15H2,1-3H3,(H2,27,29,30)/t19-/m1/s1. The van der Waals surface area contributed by atoms with Crippen molar-refractivity contribution in [1.29, 1.82) is 0 Å². The summed E-state index contributed by atoms with van der Waals surface area (Å²) in [5.41, 5.74) is 9.93. The molecule has 1 aromatic carbocycles. The van der Waals surface area contributed by atoms with Gasteiger partial charge in [0.05, 0.1) is 23.4 Å². The topological polar surface area (TPSA) is 136 Å². The minimum absolute atomic E-state index is 0.0336. The molecule has 38 heavy (non-hydrogen) atoms. The third-order valence-electron chi connectivity index (χ3n) is 6.94. The van der Waals surface area contributed by atoms with Gasteiger partial charge in [-0.1, -0.05) is 12.1 Å². The van der Waals surface area contributed by atoms with E-state index in [-0.39, 0.29) is 16.8 Å². The van der Waals surface area contributed by atoms with E-state index in [0.717, 1.165) is 36.3 Å². The van der Waals surface area contributed by atoms with E-state index in [1.807, 2.05) is 13.1 Å². The van der Waals surface area contributed by atoms with Gasteiger partial charge >= 0.3 is 0 Å². The number of benzene rings is 1. The molecule has 4 aromatic rings. The molecule has 1 atom stereocenters. The third kappa shape index (κ3) is 4.74. The quantitative estimate of drug-likeness (QED) is 0.395. The van der Waals surface area contributed by atoms with E-state index in [0.29, 0.717) is 29.3 Å². The molecule has 0 unspecified atom stereocenters. The number of carbonyl (C=O) groups excluding carboxylic acids is 1. The number of hydrogen-bond acceptors (Lipinski definition) is 9. The number of hydrogen-bond donors (Lipinski definition) is 1. The molecule has 0 aliphatic carbocycles. The van der Waals surface area contributed by atoms with E-state index in [1.165, 1.54) is 19.7 Å². The van der Waals surface area contributed by atoms with Crippen LogP contribution in [-0.2, 0) is 9.84 Å². The van der Waals surface area contributed by atoms with Crippen LogP contribution in [0.1, 0.15) is 23.2 Å². The number of aromatic nitrogens is 4. The van der Waals surface area contributed by atoms with Crippen molar-refractivity contribution in [2.24, 2.45) is 0 Å². The molecule has 0 spiro atoms. The number of ether oxygens (including phenoxy) is 1. The van der Waals surface area contributed by atoms with Gasteiger partial charge in [-0.15, -0.1) is 0 Å². The van der Waals surface area contributed by atoms with Crippen molar-refractivity contribution in [2.75, 3.05) is 44.1 Å². The lowest BCUT2D eigenvalue weighted by Crippen LogP contribution is -2.48. The first-order valence-electron chi connectivity index (χ1n) is 12.1. The molecule has 1 aliphatic rings. The molecule has 12 heteroatoms.